The Morgan fingerprint density at radius 2 is 1.92 bits per heavy atom. The Balaban J connectivity index is 1.01. The minimum Gasteiger partial charge on any atom is -0.493 e. The van der Waals surface area contributed by atoms with Crippen molar-refractivity contribution in [2.45, 2.75) is 57.6 Å². The topological polar surface area (TPSA) is 67.8 Å². The number of carbonyl (C=O) groups is 1. The van der Waals surface area contributed by atoms with Crippen molar-refractivity contribution in [2.75, 3.05) is 38.8 Å². The van der Waals surface area contributed by atoms with Gasteiger partial charge in [-0.1, -0.05) is 6.07 Å². The summed E-state index contributed by atoms with van der Waals surface area (Å²) in [7, 11) is 3.48. The lowest BCUT2D eigenvalue weighted by molar-refractivity contribution is -0.129. The highest BCUT2D eigenvalue weighted by molar-refractivity contribution is 5.79. The van der Waals surface area contributed by atoms with E-state index in [1.807, 2.05) is 12.4 Å². The van der Waals surface area contributed by atoms with E-state index in [-0.39, 0.29) is 18.1 Å². The number of benzene rings is 1. The molecule has 194 valence electrons. The lowest BCUT2D eigenvalue weighted by Gasteiger charge is -2.32. The molecule has 1 aromatic carbocycles. The molecule has 2 saturated carbocycles. The van der Waals surface area contributed by atoms with Crippen LogP contribution in [0.4, 0.5) is 10.3 Å². The van der Waals surface area contributed by atoms with Gasteiger partial charge in [-0.25, -0.2) is 14.4 Å². The zero-order valence-electron chi connectivity index (χ0n) is 21.4. The standard InChI is InChI=1S/C28H37FN4O3/c1-32(23-4-5-23)27(34)14-22-3-6-24(15-26(22)29)36-12-9-21-13-25(21)20-7-10-33(11-8-20)28-30-16-19(17-31-28)18-35-2/h3,6,15-17,20-21,23,25H,4-5,7-14,18H2,1-2H3/t21-,25?/m1/s1. The molecule has 8 heteroatoms. The summed E-state index contributed by atoms with van der Waals surface area (Å²) in [6.45, 7) is 3.13. The van der Waals surface area contributed by atoms with Crippen molar-refractivity contribution in [3.05, 3.63) is 47.5 Å². The molecule has 5 rings (SSSR count). The first-order chi connectivity index (χ1) is 17.5. The SMILES string of the molecule is COCc1cnc(N2CCC(C3C[C@H]3CCOc3ccc(CC(=O)N(C)C4CC4)c(F)c3)CC2)nc1. The second-order valence-corrected chi connectivity index (χ2v) is 10.6. The fourth-order valence-corrected chi connectivity index (χ4v) is 5.50. The molecular formula is C28H37FN4O3. The number of anilines is 1. The van der Waals surface area contributed by atoms with Gasteiger partial charge in [0.15, 0.2) is 0 Å². The van der Waals surface area contributed by atoms with Gasteiger partial charge in [0.2, 0.25) is 11.9 Å². The van der Waals surface area contributed by atoms with Gasteiger partial charge in [0, 0.05) is 57.3 Å². The number of methoxy groups -OCH3 is 1. The molecule has 7 nitrogen and oxygen atoms in total. The zero-order chi connectivity index (χ0) is 25.1. The summed E-state index contributed by atoms with van der Waals surface area (Å²) in [5, 5.41) is 0. The Morgan fingerprint density at radius 3 is 2.58 bits per heavy atom. The minimum absolute atomic E-state index is 0.0248. The van der Waals surface area contributed by atoms with E-state index in [1.54, 1.807) is 31.2 Å². The van der Waals surface area contributed by atoms with E-state index >= 15 is 0 Å². The van der Waals surface area contributed by atoms with Crippen LogP contribution in [0.3, 0.4) is 0 Å². The summed E-state index contributed by atoms with van der Waals surface area (Å²) in [4.78, 5) is 25.3. The van der Waals surface area contributed by atoms with E-state index in [4.69, 9.17) is 9.47 Å². The molecule has 1 aromatic heterocycles. The molecule has 1 unspecified atom stereocenters. The third-order valence-electron chi connectivity index (χ3n) is 8.02. The maximum atomic E-state index is 14.5. The van der Waals surface area contributed by atoms with Gasteiger partial charge in [0.25, 0.3) is 0 Å². The Hall–Kier alpha value is -2.74. The summed E-state index contributed by atoms with van der Waals surface area (Å²) >= 11 is 0. The van der Waals surface area contributed by atoms with Gasteiger partial charge in [-0.15, -0.1) is 0 Å². The number of hydrogen-bond acceptors (Lipinski definition) is 6. The lowest BCUT2D eigenvalue weighted by Crippen LogP contribution is -2.35. The molecule has 3 aliphatic rings. The van der Waals surface area contributed by atoms with Crippen molar-refractivity contribution in [1.82, 2.24) is 14.9 Å². The quantitative estimate of drug-likeness (QED) is 0.463. The number of ether oxygens (including phenoxy) is 2. The van der Waals surface area contributed by atoms with Crippen molar-refractivity contribution < 1.29 is 18.7 Å². The van der Waals surface area contributed by atoms with E-state index in [0.29, 0.717) is 36.5 Å². The Labute approximate surface area is 213 Å². The molecule has 36 heavy (non-hydrogen) atoms. The van der Waals surface area contributed by atoms with Gasteiger partial charge >= 0.3 is 0 Å². The maximum Gasteiger partial charge on any atom is 0.227 e. The van der Waals surface area contributed by atoms with Crippen LogP contribution in [0.1, 0.15) is 49.7 Å². The van der Waals surface area contributed by atoms with E-state index in [2.05, 4.69) is 14.9 Å². The summed E-state index contributed by atoms with van der Waals surface area (Å²) in [5.41, 5.74) is 1.43. The highest BCUT2D eigenvalue weighted by Gasteiger charge is 2.43. The number of nitrogens with zero attached hydrogens (tertiary/aromatic N) is 4. The molecule has 0 bridgehead atoms. The summed E-state index contributed by atoms with van der Waals surface area (Å²) in [5.74, 6) is 3.19. The van der Waals surface area contributed by atoms with Crippen LogP contribution in [0.5, 0.6) is 5.75 Å². The number of hydrogen-bond donors (Lipinski definition) is 0. The van der Waals surface area contributed by atoms with Gasteiger partial charge in [-0.3, -0.25) is 4.79 Å². The van der Waals surface area contributed by atoms with Crippen molar-refractivity contribution in [2.24, 2.45) is 17.8 Å². The fourth-order valence-electron chi connectivity index (χ4n) is 5.50. The fraction of sp³-hybridized carbons (Fsp3) is 0.607. The number of amides is 1. The summed E-state index contributed by atoms with van der Waals surface area (Å²) < 4.78 is 25.5. The first kappa shape index (κ1) is 24.9. The predicted molar refractivity (Wildman–Crippen MR) is 135 cm³/mol. The lowest BCUT2D eigenvalue weighted by atomic mass is 9.90. The molecule has 3 fully saturated rings. The van der Waals surface area contributed by atoms with Crippen LogP contribution in [0.2, 0.25) is 0 Å². The predicted octanol–water partition coefficient (Wildman–Crippen LogP) is 4.25. The third-order valence-corrected chi connectivity index (χ3v) is 8.02. The van der Waals surface area contributed by atoms with E-state index < -0.39 is 0 Å². The molecule has 1 saturated heterocycles. The number of likely N-dealkylation sites (N-methyl/N-ethyl adjacent to an activating group) is 1. The van der Waals surface area contributed by atoms with Crippen LogP contribution in [-0.2, 0) is 22.6 Å². The molecule has 1 aliphatic heterocycles. The second-order valence-electron chi connectivity index (χ2n) is 10.6. The van der Waals surface area contributed by atoms with Crippen LogP contribution in [-0.4, -0.2) is 60.7 Å². The van der Waals surface area contributed by atoms with Gasteiger partial charge < -0.3 is 19.3 Å². The normalized spacial score (nSPS) is 21.9. The summed E-state index contributed by atoms with van der Waals surface area (Å²) in [6, 6.07) is 5.23. The highest BCUT2D eigenvalue weighted by atomic mass is 19.1. The van der Waals surface area contributed by atoms with Gasteiger partial charge in [-0.2, -0.15) is 0 Å². The van der Waals surface area contributed by atoms with Gasteiger partial charge in [0.1, 0.15) is 11.6 Å². The average molecular weight is 497 g/mol. The zero-order valence-corrected chi connectivity index (χ0v) is 21.4. The average Bonchev–Trinajstić information content (AvgIpc) is 3.81. The number of carbonyl (C=O) groups excluding carboxylic acids is 1. The Morgan fingerprint density at radius 1 is 1.17 bits per heavy atom. The molecular weight excluding hydrogens is 459 g/mol. The maximum absolute atomic E-state index is 14.5. The van der Waals surface area contributed by atoms with Crippen LogP contribution in [0.25, 0.3) is 0 Å². The first-order valence-corrected chi connectivity index (χ1v) is 13.2. The van der Waals surface area contributed by atoms with Crippen molar-refractivity contribution >= 4 is 11.9 Å². The Kier molecular flexibility index (Phi) is 7.70. The van der Waals surface area contributed by atoms with Crippen LogP contribution < -0.4 is 9.64 Å². The number of halogens is 1. The number of aromatic nitrogens is 2. The Bertz CT molecular complexity index is 1040. The monoisotopic (exact) mass is 496 g/mol. The molecule has 0 radical (unpaired) electrons. The number of piperidine rings is 1. The van der Waals surface area contributed by atoms with Crippen LogP contribution in [0.15, 0.2) is 30.6 Å². The van der Waals surface area contributed by atoms with Gasteiger partial charge in [0.05, 0.1) is 19.6 Å². The van der Waals surface area contributed by atoms with E-state index in [1.165, 1.54) is 25.3 Å². The third kappa shape index (κ3) is 6.14. The minimum atomic E-state index is -0.363. The summed E-state index contributed by atoms with van der Waals surface area (Å²) in [6.07, 6.45) is 10.5. The van der Waals surface area contributed by atoms with Crippen LogP contribution in [0, 0.1) is 23.6 Å². The molecule has 1 amide bonds. The second kappa shape index (κ2) is 11.1. The van der Waals surface area contributed by atoms with Crippen molar-refractivity contribution in [3.8, 4) is 5.75 Å². The van der Waals surface area contributed by atoms with E-state index in [9.17, 15) is 9.18 Å². The molecule has 2 aromatic rings. The van der Waals surface area contributed by atoms with Gasteiger partial charge in [-0.05, 0) is 67.9 Å². The van der Waals surface area contributed by atoms with E-state index in [0.717, 1.165) is 55.7 Å². The van der Waals surface area contributed by atoms with Crippen molar-refractivity contribution in [3.63, 3.8) is 0 Å². The smallest absolute Gasteiger partial charge is 0.227 e. The highest BCUT2D eigenvalue weighted by Crippen LogP contribution is 2.49. The molecule has 0 spiro atoms. The largest absolute Gasteiger partial charge is 0.493 e. The molecule has 0 N–H and O–H groups in total. The van der Waals surface area contributed by atoms with Crippen molar-refractivity contribution in [1.29, 1.82) is 0 Å². The van der Waals surface area contributed by atoms with Crippen LogP contribution >= 0.6 is 0 Å². The molecule has 2 atom stereocenters. The molecule has 2 heterocycles. The molecule has 2 aliphatic carbocycles. The number of rotatable bonds is 11. The first-order valence-electron chi connectivity index (χ1n) is 13.2.